The second kappa shape index (κ2) is 5.40. The number of hydrogen-bond donors (Lipinski definition) is 1. The number of benzene rings is 1. The highest BCUT2D eigenvalue weighted by Gasteiger charge is 2.30. The summed E-state index contributed by atoms with van der Waals surface area (Å²) in [5.41, 5.74) is 2.81. The highest BCUT2D eigenvalue weighted by molar-refractivity contribution is 5.26. The van der Waals surface area contributed by atoms with Crippen molar-refractivity contribution in [2.75, 3.05) is 6.54 Å². The molecule has 1 aromatic carbocycles. The van der Waals surface area contributed by atoms with E-state index >= 15 is 0 Å². The number of nitrogens with one attached hydrogen (secondary N) is 1. The molecule has 0 radical (unpaired) electrons. The molecule has 2 heteroatoms. The van der Waals surface area contributed by atoms with Gasteiger partial charge in [0.15, 0.2) is 0 Å². The van der Waals surface area contributed by atoms with Gasteiger partial charge in [-0.15, -0.1) is 0 Å². The monoisotopic (exact) mass is 249 g/mol. The van der Waals surface area contributed by atoms with Crippen molar-refractivity contribution in [2.45, 2.75) is 52.5 Å². The van der Waals surface area contributed by atoms with E-state index in [1.165, 1.54) is 24.8 Å². The second-order valence-electron chi connectivity index (χ2n) is 6.38. The fourth-order valence-corrected chi connectivity index (χ4v) is 2.96. The first-order valence-electron chi connectivity index (χ1n) is 6.95. The van der Waals surface area contributed by atoms with Gasteiger partial charge in [-0.05, 0) is 67.8 Å². The summed E-state index contributed by atoms with van der Waals surface area (Å²) in [7, 11) is 0. The average molecular weight is 249 g/mol. The van der Waals surface area contributed by atoms with Crippen molar-refractivity contribution in [2.24, 2.45) is 5.41 Å². The van der Waals surface area contributed by atoms with Gasteiger partial charge < -0.3 is 5.32 Å². The van der Waals surface area contributed by atoms with E-state index in [0.717, 1.165) is 18.5 Å². The molecular weight excluding hydrogens is 225 g/mol. The smallest absolute Gasteiger partial charge is 0.123 e. The predicted octanol–water partition coefficient (Wildman–Crippen LogP) is 3.84. The Morgan fingerprint density at radius 3 is 2.78 bits per heavy atom. The van der Waals surface area contributed by atoms with E-state index in [0.29, 0.717) is 11.5 Å². The minimum Gasteiger partial charge on any atom is -0.314 e. The van der Waals surface area contributed by atoms with Crippen molar-refractivity contribution in [3.8, 4) is 0 Å². The molecule has 0 bridgehead atoms. The van der Waals surface area contributed by atoms with Gasteiger partial charge in [0.2, 0.25) is 0 Å². The maximum atomic E-state index is 13.0. The molecule has 18 heavy (non-hydrogen) atoms. The van der Waals surface area contributed by atoms with Crippen LogP contribution in [0.25, 0.3) is 0 Å². The third-order valence-electron chi connectivity index (χ3n) is 4.10. The molecule has 2 rings (SSSR count). The summed E-state index contributed by atoms with van der Waals surface area (Å²) >= 11 is 0. The first kappa shape index (κ1) is 13.5. The fourth-order valence-electron chi connectivity index (χ4n) is 2.96. The minimum absolute atomic E-state index is 0.137. The minimum atomic E-state index is -0.137. The lowest BCUT2D eigenvalue weighted by Gasteiger charge is -2.18. The first-order valence-corrected chi connectivity index (χ1v) is 6.95. The molecule has 1 N–H and O–H groups in total. The number of hydrogen-bond acceptors (Lipinski definition) is 1. The molecule has 0 amide bonds. The van der Waals surface area contributed by atoms with Crippen LogP contribution in [0.3, 0.4) is 0 Å². The summed E-state index contributed by atoms with van der Waals surface area (Å²) in [5.74, 6) is -0.137. The van der Waals surface area contributed by atoms with Crippen LogP contribution in [-0.4, -0.2) is 12.6 Å². The van der Waals surface area contributed by atoms with Crippen LogP contribution < -0.4 is 5.32 Å². The van der Waals surface area contributed by atoms with Crippen molar-refractivity contribution in [1.29, 1.82) is 0 Å². The normalized spacial score (nSPS) is 22.3. The lowest BCUT2D eigenvalue weighted by molar-refractivity contribution is 0.365. The summed E-state index contributed by atoms with van der Waals surface area (Å²) in [4.78, 5) is 0. The van der Waals surface area contributed by atoms with Gasteiger partial charge in [0.25, 0.3) is 0 Å². The zero-order chi connectivity index (χ0) is 13.2. The summed E-state index contributed by atoms with van der Waals surface area (Å²) in [6.45, 7) is 7.67. The van der Waals surface area contributed by atoms with E-state index in [-0.39, 0.29) is 5.82 Å². The van der Waals surface area contributed by atoms with Crippen molar-refractivity contribution in [3.63, 3.8) is 0 Å². The Labute approximate surface area is 110 Å². The molecule has 0 heterocycles. The largest absolute Gasteiger partial charge is 0.314 e. The molecule has 0 spiro atoms. The van der Waals surface area contributed by atoms with Gasteiger partial charge in [0, 0.05) is 6.04 Å². The first-order chi connectivity index (χ1) is 8.46. The van der Waals surface area contributed by atoms with E-state index in [1.807, 2.05) is 13.0 Å². The van der Waals surface area contributed by atoms with E-state index in [2.05, 4.69) is 19.2 Å². The second-order valence-corrected chi connectivity index (χ2v) is 6.38. The van der Waals surface area contributed by atoms with Crippen LogP contribution in [0.2, 0.25) is 0 Å². The molecule has 0 aliphatic heterocycles. The average Bonchev–Trinajstić information content (AvgIpc) is 2.61. The summed E-state index contributed by atoms with van der Waals surface area (Å²) in [5, 5.41) is 3.63. The lowest BCUT2D eigenvalue weighted by atomic mass is 9.92. The Kier molecular flexibility index (Phi) is 4.06. The van der Waals surface area contributed by atoms with Crippen molar-refractivity contribution >= 4 is 0 Å². The molecule has 0 saturated heterocycles. The standard InChI is InChI=1S/C16H24FN/c1-12-10-14(17)5-4-13(12)7-9-18-15-6-8-16(2,3)11-15/h4-5,10,15,18H,6-9,11H2,1-3H3. The molecule has 1 saturated carbocycles. The highest BCUT2D eigenvalue weighted by atomic mass is 19.1. The van der Waals surface area contributed by atoms with E-state index in [9.17, 15) is 4.39 Å². The van der Waals surface area contributed by atoms with Crippen molar-refractivity contribution in [1.82, 2.24) is 5.32 Å². The van der Waals surface area contributed by atoms with E-state index in [4.69, 9.17) is 0 Å². The Balaban J connectivity index is 1.79. The lowest BCUT2D eigenvalue weighted by Crippen LogP contribution is -2.29. The number of rotatable bonds is 4. The molecule has 1 nitrogen and oxygen atoms in total. The Morgan fingerprint density at radius 2 is 2.17 bits per heavy atom. The summed E-state index contributed by atoms with van der Waals surface area (Å²) < 4.78 is 13.0. The molecule has 1 atom stereocenters. The zero-order valence-corrected chi connectivity index (χ0v) is 11.7. The molecule has 1 fully saturated rings. The predicted molar refractivity (Wildman–Crippen MR) is 74.3 cm³/mol. The number of aryl methyl sites for hydroxylation is 1. The van der Waals surface area contributed by atoms with Crippen LogP contribution in [0.5, 0.6) is 0 Å². The molecule has 0 aromatic heterocycles. The highest BCUT2D eigenvalue weighted by Crippen LogP contribution is 2.36. The van der Waals surface area contributed by atoms with Gasteiger partial charge in [0.05, 0.1) is 0 Å². The maximum absolute atomic E-state index is 13.0. The van der Waals surface area contributed by atoms with Crippen LogP contribution in [-0.2, 0) is 6.42 Å². The molecule has 100 valence electrons. The molecular formula is C16H24FN. The molecule has 1 aliphatic rings. The Morgan fingerprint density at radius 1 is 1.39 bits per heavy atom. The van der Waals surface area contributed by atoms with Crippen LogP contribution >= 0.6 is 0 Å². The molecule has 1 unspecified atom stereocenters. The van der Waals surface area contributed by atoms with Crippen LogP contribution in [0.15, 0.2) is 18.2 Å². The SMILES string of the molecule is Cc1cc(F)ccc1CCNC1CCC(C)(C)C1. The van der Waals surface area contributed by atoms with Crippen molar-refractivity contribution in [3.05, 3.63) is 35.1 Å². The van der Waals surface area contributed by atoms with Crippen LogP contribution in [0.4, 0.5) is 4.39 Å². The van der Waals surface area contributed by atoms with Gasteiger partial charge >= 0.3 is 0 Å². The van der Waals surface area contributed by atoms with Crippen LogP contribution in [0.1, 0.15) is 44.2 Å². The quantitative estimate of drug-likeness (QED) is 0.854. The van der Waals surface area contributed by atoms with Gasteiger partial charge in [0.1, 0.15) is 5.82 Å². The van der Waals surface area contributed by atoms with Gasteiger partial charge in [-0.1, -0.05) is 19.9 Å². The zero-order valence-electron chi connectivity index (χ0n) is 11.7. The fraction of sp³-hybridized carbons (Fsp3) is 0.625. The topological polar surface area (TPSA) is 12.0 Å². The third kappa shape index (κ3) is 3.55. The maximum Gasteiger partial charge on any atom is 0.123 e. The number of halogens is 1. The summed E-state index contributed by atoms with van der Waals surface area (Å²) in [6, 6.07) is 5.75. The van der Waals surface area contributed by atoms with E-state index < -0.39 is 0 Å². The molecule has 1 aromatic rings. The molecule has 1 aliphatic carbocycles. The van der Waals surface area contributed by atoms with Gasteiger partial charge in [-0.2, -0.15) is 0 Å². The van der Waals surface area contributed by atoms with Crippen molar-refractivity contribution < 1.29 is 4.39 Å². The Hall–Kier alpha value is -0.890. The third-order valence-corrected chi connectivity index (χ3v) is 4.10. The van der Waals surface area contributed by atoms with Crippen LogP contribution in [0, 0.1) is 18.2 Å². The van der Waals surface area contributed by atoms with Gasteiger partial charge in [-0.3, -0.25) is 0 Å². The van der Waals surface area contributed by atoms with E-state index in [1.54, 1.807) is 12.1 Å². The summed E-state index contributed by atoms with van der Waals surface area (Å²) in [6.07, 6.45) is 4.87. The Bertz CT molecular complexity index is 412. The van der Waals surface area contributed by atoms with Gasteiger partial charge in [-0.25, -0.2) is 4.39 Å².